The Morgan fingerprint density at radius 2 is 1.02 bits per heavy atom. The number of allylic oxidation sites excluding steroid dienone is 12. The van der Waals surface area contributed by atoms with Gasteiger partial charge in [0.25, 0.3) is 6.29 Å². The van der Waals surface area contributed by atoms with Gasteiger partial charge in [-0.1, -0.05) is 132 Å². The van der Waals surface area contributed by atoms with Crippen molar-refractivity contribution in [3.8, 4) is 0 Å². The molecule has 0 bridgehead atoms. The van der Waals surface area contributed by atoms with E-state index in [-0.39, 0.29) is 38.6 Å². The molecule has 0 aromatic rings. The van der Waals surface area contributed by atoms with Crippen molar-refractivity contribution in [3.63, 3.8) is 0 Å². The summed E-state index contributed by atoms with van der Waals surface area (Å²) >= 11 is 0. The molecule has 56 heavy (non-hydrogen) atoms. The van der Waals surface area contributed by atoms with Crippen molar-refractivity contribution < 1.29 is 42.9 Å². The molecule has 0 fully saturated rings. The van der Waals surface area contributed by atoms with Gasteiger partial charge in [0.15, 0.2) is 6.10 Å². The molecule has 2 atom stereocenters. The van der Waals surface area contributed by atoms with Gasteiger partial charge in [-0.3, -0.25) is 9.59 Å². The lowest BCUT2D eigenvalue weighted by Crippen LogP contribution is -2.40. The Labute approximate surface area is 341 Å². The predicted molar refractivity (Wildman–Crippen MR) is 230 cm³/mol. The Morgan fingerprint density at radius 3 is 1.52 bits per heavy atom. The van der Waals surface area contributed by atoms with Crippen LogP contribution in [-0.2, 0) is 33.3 Å². The molecule has 0 aromatic carbocycles. The number of hydrogen-bond donors (Lipinski definition) is 1. The first-order valence-corrected chi connectivity index (χ1v) is 21.6. The third-order valence-corrected chi connectivity index (χ3v) is 8.70. The number of ether oxygens (including phenoxy) is 4. The van der Waals surface area contributed by atoms with E-state index in [1.807, 2.05) is 21.1 Å². The molecule has 0 rings (SSSR count). The van der Waals surface area contributed by atoms with Gasteiger partial charge in [0, 0.05) is 12.8 Å². The fourth-order valence-corrected chi connectivity index (χ4v) is 5.31. The van der Waals surface area contributed by atoms with E-state index in [0.717, 1.165) is 103 Å². The molecule has 0 saturated heterocycles. The average Bonchev–Trinajstić information content (AvgIpc) is 3.15. The van der Waals surface area contributed by atoms with Crippen molar-refractivity contribution in [3.05, 3.63) is 72.9 Å². The summed E-state index contributed by atoms with van der Waals surface area (Å²) in [6.07, 6.45) is 43.8. The molecule has 0 heterocycles. The molecule has 320 valence electrons. The lowest BCUT2D eigenvalue weighted by atomic mass is 10.1. The summed E-state index contributed by atoms with van der Waals surface area (Å²) in [5.41, 5.74) is 0. The van der Waals surface area contributed by atoms with Crippen molar-refractivity contribution >= 4 is 17.9 Å². The van der Waals surface area contributed by atoms with Crippen LogP contribution in [0.15, 0.2) is 72.9 Å². The van der Waals surface area contributed by atoms with E-state index in [9.17, 15) is 19.5 Å². The highest BCUT2D eigenvalue weighted by Gasteiger charge is 2.25. The molecular weight excluding hydrogens is 707 g/mol. The van der Waals surface area contributed by atoms with Gasteiger partial charge in [-0.2, -0.15) is 0 Å². The van der Waals surface area contributed by atoms with Gasteiger partial charge in [-0.25, -0.2) is 4.79 Å². The van der Waals surface area contributed by atoms with Gasteiger partial charge in [0.1, 0.15) is 13.2 Å². The van der Waals surface area contributed by atoms with Crippen LogP contribution in [0.4, 0.5) is 0 Å². The number of carbonyl (C=O) groups is 3. The SMILES string of the molecule is CC/C=C\C/C=C\C/C=C\C/C=C\CCCCCCC(=O)OC(COC(=O)CCCCCCC/C=C\C/C=C\CCCC)COC(OCC[N+](C)(C)C)C(=O)O. The zero-order chi connectivity index (χ0) is 41.4. The third-order valence-electron chi connectivity index (χ3n) is 8.70. The molecular formula is C47H80NO8+. The second-order valence-corrected chi connectivity index (χ2v) is 15.3. The molecule has 2 unspecified atom stereocenters. The topological polar surface area (TPSA) is 108 Å². The smallest absolute Gasteiger partial charge is 0.361 e. The summed E-state index contributed by atoms with van der Waals surface area (Å²) in [7, 11) is 5.93. The quantitative estimate of drug-likeness (QED) is 0.0217. The van der Waals surface area contributed by atoms with Crippen LogP contribution in [0.2, 0.25) is 0 Å². The minimum absolute atomic E-state index is 0.176. The van der Waals surface area contributed by atoms with E-state index in [2.05, 4.69) is 86.8 Å². The van der Waals surface area contributed by atoms with Gasteiger partial charge < -0.3 is 28.5 Å². The molecule has 0 aromatic heterocycles. The number of quaternary nitrogens is 1. The number of aliphatic carboxylic acids is 1. The second-order valence-electron chi connectivity index (χ2n) is 15.3. The zero-order valence-corrected chi connectivity index (χ0v) is 36.0. The number of carboxylic acids is 1. The first kappa shape index (κ1) is 52.7. The first-order valence-electron chi connectivity index (χ1n) is 21.6. The Bertz CT molecular complexity index is 1150. The van der Waals surface area contributed by atoms with Gasteiger partial charge in [-0.15, -0.1) is 0 Å². The zero-order valence-electron chi connectivity index (χ0n) is 36.0. The van der Waals surface area contributed by atoms with Crippen molar-refractivity contribution in [1.82, 2.24) is 0 Å². The van der Waals surface area contributed by atoms with E-state index in [0.29, 0.717) is 17.4 Å². The summed E-state index contributed by atoms with van der Waals surface area (Å²) < 4.78 is 22.7. The van der Waals surface area contributed by atoms with E-state index in [4.69, 9.17) is 18.9 Å². The van der Waals surface area contributed by atoms with Crippen LogP contribution in [0.25, 0.3) is 0 Å². The lowest BCUT2D eigenvalue weighted by molar-refractivity contribution is -0.870. The van der Waals surface area contributed by atoms with Crippen LogP contribution >= 0.6 is 0 Å². The van der Waals surface area contributed by atoms with Crippen LogP contribution in [-0.4, -0.2) is 87.4 Å². The molecule has 0 radical (unpaired) electrons. The van der Waals surface area contributed by atoms with Crippen LogP contribution in [0.1, 0.15) is 149 Å². The number of carbonyl (C=O) groups excluding carboxylic acids is 2. The van der Waals surface area contributed by atoms with E-state index < -0.39 is 24.3 Å². The minimum atomic E-state index is -1.52. The molecule has 9 heteroatoms. The van der Waals surface area contributed by atoms with Crippen molar-refractivity contribution in [1.29, 1.82) is 0 Å². The highest BCUT2D eigenvalue weighted by Crippen LogP contribution is 2.12. The Hall–Kier alpha value is -3.27. The molecule has 0 saturated carbocycles. The van der Waals surface area contributed by atoms with Crippen LogP contribution in [0.5, 0.6) is 0 Å². The van der Waals surface area contributed by atoms with E-state index >= 15 is 0 Å². The number of hydrogen-bond acceptors (Lipinski definition) is 7. The number of unbranched alkanes of at least 4 members (excludes halogenated alkanes) is 11. The maximum atomic E-state index is 12.7. The van der Waals surface area contributed by atoms with Gasteiger partial charge in [0.05, 0.1) is 34.4 Å². The maximum absolute atomic E-state index is 12.7. The molecule has 0 aliphatic heterocycles. The van der Waals surface area contributed by atoms with Crippen LogP contribution in [0.3, 0.4) is 0 Å². The monoisotopic (exact) mass is 787 g/mol. The minimum Gasteiger partial charge on any atom is -0.477 e. The fourth-order valence-electron chi connectivity index (χ4n) is 5.31. The normalized spacial score (nSPS) is 13.7. The lowest BCUT2D eigenvalue weighted by Gasteiger charge is -2.25. The first-order chi connectivity index (χ1) is 27.1. The largest absolute Gasteiger partial charge is 0.477 e. The fraction of sp³-hybridized carbons (Fsp3) is 0.681. The maximum Gasteiger partial charge on any atom is 0.361 e. The Balaban J connectivity index is 4.55. The summed E-state index contributed by atoms with van der Waals surface area (Å²) in [6, 6.07) is 0. The van der Waals surface area contributed by atoms with E-state index in [1.165, 1.54) is 12.8 Å². The van der Waals surface area contributed by atoms with Crippen LogP contribution < -0.4 is 0 Å². The number of carboxylic acid groups (broad SMARTS) is 1. The molecule has 0 aliphatic carbocycles. The van der Waals surface area contributed by atoms with Gasteiger partial charge in [0.2, 0.25) is 0 Å². The summed E-state index contributed by atoms with van der Waals surface area (Å²) in [4.78, 5) is 37.1. The Kier molecular flexibility index (Phi) is 36.3. The second kappa shape index (κ2) is 38.6. The molecule has 1 N–H and O–H groups in total. The average molecular weight is 787 g/mol. The molecule has 0 aliphatic rings. The standard InChI is InChI=1S/C47H79NO8/c1-6-8-10-12-14-16-18-20-22-23-24-26-28-30-32-34-36-38-45(50)56-43(42-55-47(46(51)52)53-40-39-48(3,4)5)41-54-44(49)37-35-33-31-29-27-25-21-19-17-15-13-11-9-7-2/h8,10,13-16,19-22,24,26,43,47H,6-7,9,11-12,17-18,23,25,27-42H2,1-5H3/p+1/b10-8-,15-13-,16-14-,21-19-,22-20-,26-24-. The molecule has 0 spiro atoms. The Morgan fingerprint density at radius 1 is 0.554 bits per heavy atom. The molecule has 0 amide bonds. The van der Waals surface area contributed by atoms with Gasteiger partial charge >= 0.3 is 17.9 Å². The van der Waals surface area contributed by atoms with Crippen molar-refractivity contribution in [2.24, 2.45) is 0 Å². The summed E-state index contributed by atoms with van der Waals surface area (Å²) in [5, 5.41) is 9.62. The highest BCUT2D eigenvalue weighted by molar-refractivity contribution is 5.71. The number of rotatable bonds is 38. The summed E-state index contributed by atoms with van der Waals surface area (Å²) in [5.74, 6) is -2.07. The molecule has 9 nitrogen and oxygen atoms in total. The van der Waals surface area contributed by atoms with Crippen molar-refractivity contribution in [2.75, 3.05) is 47.5 Å². The highest BCUT2D eigenvalue weighted by atomic mass is 16.7. The number of nitrogens with zero attached hydrogens (tertiary/aromatic N) is 1. The van der Waals surface area contributed by atoms with Crippen LogP contribution in [0, 0.1) is 0 Å². The summed E-state index contributed by atoms with van der Waals surface area (Å²) in [6.45, 7) is 4.64. The number of likely N-dealkylation sites (N-methyl/N-ethyl adjacent to an activating group) is 1. The number of esters is 2. The third kappa shape index (κ3) is 39.0. The van der Waals surface area contributed by atoms with Crippen molar-refractivity contribution in [2.45, 2.75) is 161 Å². The van der Waals surface area contributed by atoms with E-state index in [1.54, 1.807) is 0 Å². The van der Waals surface area contributed by atoms with Gasteiger partial charge in [-0.05, 0) is 77.0 Å². The predicted octanol–water partition coefficient (Wildman–Crippen LogP) is 11.2.